The maximum absolute atomic E-state index is 10.3. The van der Waals surface area contributed by atoms with E-state index in [9.17, 15) is 4.79 Å². The van der Waals surface area contributed by atoms with Gasteiger partial charge in [-0.3, -0.25) is 4.79 Å². The van der Waals surface area contributed by atoms with Gasteiger partial charge in [0.15, 0.2) is 0 Å². The minimum Gasteiger partial charge on any atom is -0.481 e. The minimum atomic E-state index is -0.664. The maximum atomic E-state index is 10.3. The molecule has 20 heavy (non-hydrogen) atoms. The molecule has 0 fully saturated rings. The first-order valence-corrected chi connectivity index (χ1v) is 8.64. The second-order valence-electron chi connectivity index (χ2n) is 5.73. The van der Waals surface area contributed by atoms with Crippen molar-refractivity contribution in [2.45, 2.75) is 96.8 Å². The predicted molar refractivity (Wildman–Crippen MR) is 87.1 cm³/mol. The molecule has 0 saturated heterocycles. The number of aliphatic carboxylic acids is 1. The number of rotatable bonds is 15. The van der Waals surface area contributed by atoms with Gasteiger partial charge in [-0.1, -0.05) is 70.4 Å². The van der Waals surface area contributed by atoms with Crippen molar-refractivity contribution in [3.8, 4) is 0 Å². The summed E-state index contributed by atoms with van der Waals surface area (Å²) >= 11 is 0. The number of allylic oxidation sites excluding steroid dienone is 2. The van der Waals surface area contributed by atoms with Crippen LogP contribution in [0.4, 0.5) is 0 Å². The lowest BCUT2D eigenvalue weighted by molar-refractivity contribution is -0.137. The van der Waals surface area contributed by atoms with Crippen molar-refractivity contribution in [2.24, 2.45) is 0 Å². The standard InChI is InChI=1S/C18H34O2/c1-2-3-4-5-6-7-8-9-10-11-12-13-14-15-16-17-18(19)20/h9-10H,2-8,11-17H2,1H3,(H,19,20)/b10-9-/i9+1,10+1. The van der Waals surface area contributed by atoms with Crippen LogP contribution in [0.2, 0.25) is 0 Å². The molecule has 0 radical (unpaired) electrons. The molecule has 0 atom stereocenters. The Kier molecular flexibility index (Phi) is 15.6. The van der Waals surface area contributed by atoms with Crippen LogP contribution >= 0.6 is 0 Å². The molecule has 0 heterocycles. The zero-order valence-electron chi connectivity index (χ0n) is 13.4. The molecule has 0 saturated carbocycles. The Bertz CT molecular complexity index is 234. The van der Waals surface area contributed by atoms with Gasteiger partial charge in [-0.15, -0.1) is 0 Å². The van der Waals surface area contributed by atoms with Crippen LogP contribution < -0.4 is 0 Å². The summed E-state index contributed by atoms with van der Waals surface area (Å²) < 4.78 is 0. The molecular weight excluding hydrogens is 250 g/mol. The van der Waals surface area contributed by atoms with E-state index in [1.165, 1.54) is 70.6 Å². The Balaban J connectivity index is 3.07. The lowest BCUT2D eigenvalue weighted by Crippen LogP contribution is -1.93. The van der Waals surface area contributed by atoms with Gasteiger partial charge in [0, 0.05) is 6.42 Å². The highest BCUT2D eigenvalue weighted by Crippen LogP contribution is 2.09. The highest BCUT2D eigenvalue weighted by Gasteiger charge is 1.95. The second kappa shape index (κ2) is 16.3. The molecule has 0 bridgehead atoms. The van der Waals surface area contributed by atoms with Crippen molar-refractivity contribution < 1.29 is 9.90 Å². The summed E-state index contributed by atoms with van der Waals surface area (Å²) in [7, 11) is 0. The largest absolute Gasteiger partial charge is 0.481 e. The van der Waals surface area contributed by atoms with Crippen molar-refractivity contribution in [3.05, 3.63) is 12.2 Å². The van der Waals surface area contributed by atoms with Gasteiger partial charge in [0.2, 0.25) is 0 Å². The molecule has 0 aliphatic heterocycles. The van der Waals surface area contributed by atoms with E-state index in [-0.39, 0.29) is 0 Å². The summed E-state index contributed by atoms with van der Waals surface area (Å²) in [6.07, 6.45) is 21.2. The molecule has 2 nitrogen and oxygen atoms in total. The third-order valence-electron chi connectivity index (χ3n) is 3.65. The van der Waals surface area contributed by atoms with Gasteiger partial charge in [-0.05, 0) is 32.1 Å². The SMILES string of the molecule is CCCCCCCC/[13CH]=[13CH]\CCCCCCCC(=O)O. The number of unbranched alkanes of at least 4 members (excludes halogenated alkanes) is 11. The van der Waals surface area contributed by atoms with Gasteiger partial charge in [-0.2, -0.15) is 0 Å². The summed E-state index contributed by atoms with van der Waals surface area (Å²) in [5.74, 6) is -0.664. The Labute approximate surface area is 125 Å². The quantitative estimate of drug-likeness (QED) is 0.224. The van der Waals surface area contributed by atoms with Gasteiger partial charge < -0.3 is 5.11 Å². The van der Waals surface area contributed by atoms with Crippen LogP contribution in [0.25, 0.3) is 0 Å². The third kappa shape index (κ3) is 17.2. The number of hydrogen-bond acceptors (Lipinski definition) is 1. The zero-order chi connectivity index (χ0) is 14.9. The molecule has 0 rings (SSSR count). The first-order valence-electron chi connectivity index (χ1n) is 8.64. The molecule has 0 aromatic rings. The van der Waals surface area contributed by atoms with Crippen LogP contribution in [-0.4, -0.2) is 11.1 Å². The van der Waals surface area contributed by atoms with Crippen LogP contribution in [0.3, 0.4) is 0 Å². The van der Waals surface area contributed by atoms with Crippen molar-refractivity contribution in [2.75, 3.05) is 0 Å². The molecule has 1 N–H and O–H groups in total. The fourth-order valence-electron chi connectivity index (χ4n) is 2.35. The van der Waals surface area contributed by atoms with Gasteiger partial charge in [0.25, 0.3) is 0 Å². The number of carbonyl (C=O) groups is 1. The van der Waals surface area contributed by atoms with Crippen molar-refractivity contribution in [3.63, 3.8) is 0 Å². The van der Waals surface area contributed by atoms with Gasteiger partial charge in [0.1, 0.15) is 0 Å². The molecule has 0 spiro atoms. The van der Waals surface area contributed by atoms with Crippen molar-refractivity contribution >= 4 is 5.97 Å². The van der Waals surface area contributed by atoms with E-state index in [4.69, 9.17) is 5.11 Å². The zero-order valence-corrected chi connectivity index (χ0v) is 13.4. The fourth-order valence-corrected chi connectivity index (χ4v) is 2.35. The third-order valence-corrected chi connectivity index (χ3v) is 3.65. The van der Waals surface area contributed by atoms with Crippen molar-refractivity contribution in [1.29, 1.82) is 0 Å². The second-order valence-corrected chi connectivity index (χ2v) is 5.73. The van der Waals surface area contributed by atoms with Crippen LogP contribution in [0.15, 0.2) is 12.2 Å². The molecule has 2 heteroatoms. The lowest BCUT2D eigenvalue weighted by atomic mass is 10.1. The van der Waals surface area contributed by atoms with E-state index in [0.717, 1.165) is 12.8 Å². The molecule has 0 aromatic heterocycles. The first-order chi connectivity index (χ1) is 9.77. The fraction of sp³-hybridized carbons (Fsp3) is 0.833. The highest BCUT2D eigenvalue weighted by molar-refractivity contribution is 5.66. The number of hydrogen-bond donors (Lipinski definition) is 1. The monoisotopic (exact) mass is 284 g/mol. The van der Waals surface area contributed by atoms with E-state index in [1.54, 1.807) is 0 Å². The molecule has 0 aliphatic rings. The van der Waals surface area contributed by atoms with E-state index >= 15 is 0 Å². The summed E-state index contributed by atoms with van der Waals surface area (Å²) in [5.41, 5.74) is 0. The van der Waals surface area contributed by atoms with Crippen LogP contribution in [0, 0.1) is 0 Å². The van der Waals surface area contributed by atoms with Crippen LogP contribution in [-0.2, 0) is 4.79 Å². The smallest absolute Gasteiger partial charge is 0.303 e. The number of carboxylic acids is 1. The molecular formula is C18H34O2. The molecule has 0 unspecified atom stereocenters. The Morgan fingerprint density at radius 1 is 0.750 bits per heavy atom. The van der Waals surface area contributed by atoms with E-state index in [1.807, 2.05) is 0 Å². The number of carboxylic acid groups (broad SMARTS) is 1. The van der Waals surface area contributed by atoms with Gasteiger partial charge >= 0.3 is 5.97 Å². The molecule has 118 valence electrons. The van der Waals surface area contributed by atoms with E-state index < -0.39 is 5.97 Å². The Morgan fingerprint density at radius 2 is 1.20 bits per heavy atom. The van der Waals surface area contributed by atoms with Crippen LogP contribution in [0.5, 0.6) is 0 Å². The normalized spacial score (nSPS) is 11.2. The maximum Gasteiger partial charge on any atom is 0.303 e. The van der Waals surface area contributed by atoms with Crippen LogP contribution in [0.1, 0.15) is 96.8 Å². The predicted octanol–water partition coefficient (Wildman–Crippen LogP) is 6.11. The minimum absolute atomic E-state index is 0.332. The highest BCUT2D eigenvalue weighted by atomic mass is 16.4. The Morgan fingerprint density at radius 3 is 1.70 bits per heavy atom. The van der Waals surface area contributed by atoms with Gasteiger partial charge in [0.05, 0.1) is 0 Å². The van der Waals surface area contributed by atoms with E-state index in [2.05, 4.69) is 19.1 Å². The first kappa shape index (κ1) is 19.2. The topological polar surface area (TPSA) is 37.3 Å². The molecule has 0 amide bonds. The Hall–Kier alpha value is -0.790. The van der Waals surface area contributed by atoms with Gasteiger partial charge in [-0.25, -0.2) is 0 Å². The molecule has 0 aliphatic carbocycles. The molecule has 0 aromatic carbocycles. The summed E-state index contributed by atoms with van der Waals surface area (Å²) in [4.78, 5) is 10.3. The average molecular weight is 284 g/mol. The average Bonchev–Trinajstić information content (AvgIpc) is 2.43. The summed E-state index contributed by atoms with van der Waals surface area (Å²) in [6, 6.07) is 0. The summed E-state index contributed by atoms with van der Waals surface area (Å²) in [6.45, 7) is 2.26. The summed E-state index contributed by atoms with van der Waals surface area (Å²) in [5, 5.41) is 8.51. The van der Waals surface area contributed by atoms with E-state index in [0.29, 0.717) is 6.42 Å². The van der Waals surface area contributed by atoms with Crippen molar-refractivity contribution in [1.82, 2.24) is 0 Å². The lowest BCUT2D eigenvalue weighted by Gasteiger charge is -1.99.